The number of hydrogen-bond acceptors (Lipinski definition) is 6. The van der Waals surface area contributed by atoms with Crippen molar-refractivity contribution in [3.05, 3.63) is 65.5 Å². The molecule has 0 unspecified atom stereocenters. The molecule has 0 radical (unpaired) electrons. The number of nitrogens with one attached hydrogen (secondary N) is 1. The van der Waals surface area contributed by atoms with Gasteiger partial charge in [-0.25, -0.2) is 9.59 Å². The average molecular weight is 370 g/mol. The lowest BCUT2D eigenvalue weighted by atomic mass is 10.1. The van der Waals surface area contributed by atoms with E-state index in [2.05, 4.69) is 5.32 Å². The topological polar surface area (TPSA) is 84.9 Å². The van der Waals surface area contributed by atoms with Crippen molar-refractivity contribution in [2.24, 2.45) is 0 Å². The summed E-state index contributed by atoms with van der Waals surface area (Å²) < 4.78 is 9.67. The van der Waals surface area contributed by atoms with E-state index in [1.807, 2.05) is 13.8 Å². The highest BCUT2D eigenvalue weighted by Crippen LogP contribution is 2.29. The minimum absolute atomic E-state index is 0.0217. The number of carbonyl (C=O) groups excluding carboxylic acids is 3. The minimum atomic E-state index is -0.731. The molecule has 0 bridgehead atoms. The van der Waals surface area contributed by atoms with Crippen LogP contribution in [0.5, 0.6) is 0 Å². The SMILES string of the molecule is COC(=O)C1=C(C(=O)OC)N(c2ccccc2C(=O)NC(C)C)C=CC=C1. The van der Waals surface area contributed by atoms with Gasteiger partial charge >= 0.3 is 11.9 Å². The zero-order chi connectivity index (χ0) is 20.0. The molecular weight excluding hydrogens is 348 g/mol. The fourth-order valence-electron chi connectivity index (χ4n) is 2.57. The number of methoxy groups -OCH3 is 2. The minimum Gasteiger partial charge on any atom is -0.465 e. The lowest BCUT2D eigenvalue weighted by molar-refractivity contribution is -0.139. The molecule has 1 aliphatic heterocycles. The Bertz CT molecular complexity index is 837. The number of anilines is 1. The Hall–Kier alpha value is -3.35. The Labute approximate surface area is 157 Å². The van der Waals surface area contributed by atoms with Gasteiger partial charge in [-0.1, -0.05) is 18.2 Å². The highest BCUT2D eigenvalue weighted by molar-refractivity contribution is 6.07. The summed E-state index contributed by atoms with van der Waals surface area (Å²) >= 11 is 0. The van der Waals surface area contributed by atoms with Crippen LogP contribution >= 0.6 is 0 Å². The fraction of sp³-hybridized carbons (Fsp3) is 0.250. The van der Waals surface area contributed by atoms with E-state index in [-0.39, 0.29) is 23.2 Å². The van der Waals surface area contributed by atoms with Crippen LogP contribution in [-0.2, 0) is 19.1 Å². The number of carbonyl (C=O) groups is 3. The van der Waals surface area contributed by atoms with Gasteiger partial charge in [-0.2, -0.15) is 0 Å². The zero-order valence-electron chi connectivity index (χ0n) is 15.7. The molecule has 0 saturated carbocycles. The summed E-state index contributed by atoms with van der Waals surface area (Å²) in [6, 6.07) is 6.73. The first-order chi connectivity index (χ1) is 12.9. The smallest absolute Gasteiger partial charge is 0.355 e. The normalized spacial score (nSPS) is 13.4. The van der Waals surface area contributed by atoms with Crippen LogP contribution in [0.15, 0.2) is 60.0 Å². The van der Waals surface area contributed by atoms with Crippen LogP contribution in [0.3, 0.4) is 0 Å². The first kappa shape index (κ1) is 20.0. The lowest BCUT2D eigenvalue weighted by Gasteiger charge is -2.25. The van der Waals surface area contributed by atoms with E-state index in [0.717, 1.165) is 0 Å². The second-order valence-corrected chi connectivity index (χ2v) is 5.96. The van der Waals surface area contributed by atoms with Gasteiger partial charge in [0.2, 0.25) is 0 Å². The molecule has 1 aromatic carbocycles. The number of esters is 2. The maximum atomic E-state index is 12.6. The van der Waals surface area contributed by atoms with Gasteiger partial charge in [-0.15, -0.1) is 0 Å². The fourth-order valence-corrected chi connectivity index (χ4v) is 2.57. The van der Waals surface area contributed by atoms with Crippen molar-refractivity contribution in [2.45, 2.75) is 19.9 Å². The summed E-state index contributed by atoms with van der Waals surface area (Å²) in [4.78, 5) is 38.8. The van der Waals surface area contributed by atoms with Crippen molar-refractivity contribution in [3.8, 4) is 0 Å². The number of allylic oxidation sites excluding steroid dienone is 2. The Morgan fingerprint density at radius 3 is 2.30 bits per heavy atom. The Morgan fingerprint density at radius 1 is 1.00 bits per heavy atom. The lowest BCUT2D eigenvalue weighted by Crippen LogP contribution is -2.33. The third kappa shape index (κ3) is 4.44. The molecule has 0 fully saturated rings. The summed E-state index contributed by atoms with van der Waals surface area (Å²) in [5, 5.41) is 2.83. The highest BCUT2D eigenvalue weighted by atomic mass is 16.5. The van der Waals surface area contributed by atoms with Gasteiger partial charge in [-0.3, -0.25) is 4.79 Å². The van der Waals surface area contributed by atoms with Crippen molar-refractivity contribution >= 4 is 23.5 Å². The monoisotopic (exact) mass is 370 g/mol. The third-order valence-electron chi connectivity index (χ3n) is 3.72. The van der Waals surface area contributed by atoms with Crippen molar-refractivity contribution in [3.63, 3.8) is 0 Å². The van der Waals surface area contributed by atoms with Gasteiger partial charge in [0.05, 0.1) is 31.0 Å². The van der Waals surface area contributed by atoms with Crippen LogP contribution in [0.1, 0.15) is 24.2 Å². The summed E-state index contributed by atoms with van der Waals surface area (Å²) in [6.45, 7) is 3.71. The molecule has 7 nitrogen and oxygen atoms in total. The molecule has 1 heterocycles. The average Bonchev–Trinajstić information content (AvgIpc) is 2.89. The summed E-state index contributed by atoms with van der Waals surface area (Å²) in [5.41, 5.74) is 0.758. The molecule has 0 aromatic heterocycles. The molecule has 7 heteroatoms. The Kier molecular flexibility index (Phi) is 6.54. The van der Waals surface area contributed by atoms with Crippen molar-refractivity contribution < 1.29 is 23.9 Å². The highest BCUT2D eigenvalue weighted by Gasteiger charge is 2.29. The summed E-state index contributed by atoms with van der Waals surface area (Å²) in [7, 11) is 2.45. The summed E-state index contributed by atoms with van der Waals surface area (Å²) in [6.07, 6.45) is 6.30. The maximum Gasteiger partial charge on any atom is 0.355 e. The molecule has 0 aliphatic carbocycles. The number of rotatable bonds is 5. The van der Waals surface area contributed by atoms with Crippen molar-refractivity contribution in [1.29, 1.82) is 0 Å². The first-order valence-corrected chi connectivity index (χ1v) is 8.35. The van der Waals surface area contributed by atoms with Gasteiger partial charge in [0, 0.05) is 12.2 Å². The molecular formula is C20H22N2O5. The van der Waals surface area contributed by atoms with Crippen LogP contribution in [0.2, 0.25) is 0 Å². The molecule has 0 atom stereocenters. The quantitative estimate of drug-likeness (QED) is 0.801. The number of para-hydroxylation sites is 1. The molecule has 0 spiro atoms. The molecule has 0 saturated heterocycles. The van der Waals surface area contributed by atoms with Crippen LogP contribution in [0, 0.1) is 0 Å². The van der Waals surface area contributed by atoms with Gasteiger partial charge in [0.15, 0.2) is 0 Å². The number of benzene rings is 1. The van der Waals surface area contributed by atoms with Crippen LogP contribution in [-0.4, -0.2) is 38.1 Å². The maximum absolute atomic E-state index is 12.6. The van der Waals surface area contributed by atoms with Gasteiger partial charge in [0.25, 0.3) is 5.91 Å². The Balaban J connectivity index is 2.67. The van der Waals surface area contributed by atoms with E-state index < -0.39 is 11.9 Å². The Morgan fingerprint density at radius 2 is 1.67 bits per heavy atom. The van der Waals surface area contributed by atoms with E-state index in [9.17, 15) is 14.4 Å². The van der Waals surface area contributed by atoms with Crippen LogP contribution < -0.4 is 10.2 Å². The largest absolute Gasteiger partial charge is 0.465 e. The summed E-state index contributed by atoms with van der Waals surface area (Å²) in [5.74, 6) is -1.72. The van der Waals surface area contributed by atoms with E-state index in [1.54, 1.807) is 42.6 Å². The number of ether oxygens (including phenoxy) is 2. The van der Waals surface area contributed by atoms with E-state index in [4.69, 9.17) is 9.47 Å². The van der Waals surface area contributed by atoms with Crippen LogP contribution in [0.25, 0.3) is 0 Å². The number of amides is 1. The molecule has 142 valence electrons. The predicted molar refractivity (Wildman–Crippen MR) is 101 cm³/mol. The van der Waals surface area contributed by atoms with Gasteiger partial charge in [0.1, 0.15) is 5.70 Å². The second-order valence-electron chi connectivity index (χ2n) is 5.96. The third-order valence-corrected chi connectivity index (χ3v) is 3.72. The van der Waals surface area contributed by atoms with Crippen LogP contribution in [0.4, 0.5) is 5.69 Å². The van der Waals surface area contributed by atoms with Crippen molar-refractivity contribution in [2.75, 3.05) is 19.1 Å². The predicted octanol–water partition coefficient (Wildman–Crippen LogP) is 2.31. The zero-order valence-corrected chi connectivity index (χ0v) is 15.7. The first-order valence-electron chi connectivity index (χ1n) is 8.35. The van der Waals surface area contributed by atoms with Gasteiger partial charge in [-0.05, 0) is 38.1 Å². The standard InChI is InChI=1S/C20H22N2O5/c1-13(2)21-18(23)14-9-5-6-11-16(14)22-12-8-7-10-15(19(24)26-3)17(22)20(25)27-4/h5-13H,1-4H3,(H,21,23). The van der Waals surface area contributed by atoms with Gasteiger partial charge < -0.3 is 19.7 Å². The van der Waals surface area contributed by atoms with Crippen molar-refractivity contribution in [1.82, 2.24) is 5.32 Å². The molecule has 1 N–H and O–H groups in total. The molecule has 2 rings (SSSR count). The molecule has 1 amide bonds. The number of hydrogen-bond donors (Lipinski definition) is 1. The molecule has 1 aliphatic rings. The van der Waals surface area contributed by atoms with E-state index in [1.165, 1.54) is 25.2 Å². The van der Waals surface area contributed by atoms with E-state index >= 15 is 0 Å². The second kappa shape index (κ2) is 8.84. The van der Waals surface area contributed by atoms with E-state index in [0.29, 0.717) is 11.3 Å². The number of nitrogens with zero attached hydrogens (tertiary/aromatic N) is 1. The molecule has 27 heavy (non-hydrogen) atoms. The molecule has 1 aromatic rings.